The summed E-state index contributed by atoms with van der Waals surface area (Å²) in [7, 11) is 0. The second-order valence-electron chi connectivity index (χ2n) is 17.1. The van der Waals surface area contributed by atoms with Gasteiger partial charge in [-0.2, -0.15) is 0 Å². The Morgan fingerprint density at radius 2 is 1.61 bits per heavy atom. The summed E-state index contributed by atoms with van der Waals surface area (Å²) in [6.07, 6.45) is 15.1. The number of aliphatic hydroxyl groups excluding tert-OH is 1. The van der Waals surface area contributed by atoms with Crippen LogP contribution in [0.2, 0.25) is 0 Å². The SMILES string of the molecule is CC1(C)[C@@H](O)CC[C@]2(C)[C@H]3C(=O)C=C4C5C[C@@](C)(C(=O)NCCCCCCN)CC[C@]5(C)CC[C@@]4(C)[C@]3(C)CC[C@@H]12. The van der Waals surface area contributed by atoms with Crippen LogP contribution in [0.3, 0.4) is 0 Å². The van der Waals surface area contributed by atoms with E-state index in [1.165, 1.54) is 12.0 Å². The molecule has 5 rings (SSSR count). The molecule has 1 amide bonds. The molecule has 5 nitrogen and oxygen atoms in total. The molecule has 5 heteroatoms. The summed E-state index contributed by atoms with van der Waals surface area (Å²) < 4.78 is 0. The fourth-order valence-corrected chi connectivity index (χ4v) is 11.4. The molecule has 4 saturated carbocycles. The zero-order valence-electron chi connectivity index (χ0n) is 27.3. The van der Waals surface area contributed by atoms with Gasteiger partial charge < -0.3 is 16.2 Å². The molecule has 4 N–H and O–H groups in total. The Balaban J connectivity index is 1.43. The van der Waals surface area contributed by atoms with Crippen LogP contribution in [0.15, 0.2) is 11.6 Å². The topological polar surface area (TPSA) is 92.4 Å². The average molecular weight is 569 g/mol. The van der Waals surface area contributed by atoms with Gasteiger partial charge in [0.1, 0.15) is 0 Å². The Labute approximate surface area is 250 Å². The number of carbonyl (C=O) groups excluding carboxylic acids is 2. The number of nitrogens with one attached hydrogen (secondary N) is 1. The number of allylic oxidation sites excluding steroid dienone is 2. The molecule has 232 valence electrons. The summed E-state index contributed by atoms with van der Waals surface area (Å²) in [4.78, 5) is 28.1. The van der Waals surface area contributed by atoms with Crippen molar-refractivity contribution in [1.82, 2.24) is 5.32 Å². The number of carbonyl (C=O) groups is 2. The molecule has 0 saturated heterocycles. The third-order valence-electron chi connectivity index (χ3n) is 14.5. The summed E-state index contributed by atoms with van der Waals surface area (Å²) in [6, 6.07) is 0. The number of hydrogen-bond acceptors (Lipinski definition) is 4. The van der Waals surface area contributed by atoms with Crippen LogP contribution in [0, 0.1) is 50.2 Å². The minimum absolute atomic E-state index is 0.00354. The fourth-order valence-electron chi connectivity index (χ4n) is 11.4. The van der Waals surface area contributed by atoms with Crippen molar-refractivity contribution in [2.45, 2.75) is 138 Å². The number of fused-ring (bicyclic) bond motifs is 7. The molecule has 0 bridgehead atoms. The maximum absolute atomic E-state index is 14.5. The van der Waals surface area contributed by atoms with Crippen LogP contribution in [0.1, 0.15) is 132 Å². The lowest BCUT2D eigenvalue weighted by Crippen LogP contribution is -2.66. The molecule has 0 heterocycles. The first-order valence-electron chi connectivity index (χ1n) is 17.0. The van der Waals surface area contributed by atoms with Crippen molar-refractivity contribution < 1.29 is 14.7 Å². The Hall–Kier alpha value is -1.20. The lowest BCUT2D eigenvalue weighted by atomic mass is 9.33. The van der Waals surface area contributed by atoms with Gasteiger partial charge in [-0.1, -0.05) is 66.9 Å². The molecule has 0 spiro atoms. The number of hydrogen-bond donors (Lipinski definition) is 3. The average Bonchev–Trinajstić information content (AvgIpc) is 2.90. The van der Waals surface area contributed by atoms with Gasteiger partial charge in [0, 0.05) is 17.9 Å². The smallest absolute Gasteiger partial charge is 0.225 e. The summed E-state index contributed by atoms with van der Waals surface area (Å²) in [5.74, 6) is 1.15. The Morgan fingerprint density at radius 1 is 0.927 bits per heavy atom. The van der Waals surface area contributed by atoms with Gasteiger partial charge in [0.05, 0.1) is 6.10 Å². The summed E-state index contributed by atoms with van der Waals surface area (Å²) >= 11 is 0. The molecular formula is C36H60N2O3. The van der Waals surface area contributed by atoms with E-state index in [2.05, 4.69) is 59.9 Å². The Morgan fingerprint density at radius 3 is 2.32 bits per heavy atom. The van der Waals surface area contributed by atoms with Gasteiger partial charge in [-0.3, -0.25) is 9.59 Å². The molecule has 41 heavy (non-hydrogen) atoms. The lowest BCUT2D eigenvalue weighted by Gasteiger charge is -2.70. The maximum Gasteiger partial charge on any atom is 0.225 e. The lowest BCUT2D eigenvalue weighted by molar-refractivity contribution is -0.202. The molecule has 0 aromatic heterocycles. The number of aliphatic hydroxyl groups is 1. The Kier molecular flexibility index (Phi) is 7.97. The van der Waals surface area contributed by atoms with Gasteiger partial charge in [-0.05, 0) is 122 Å². The zero-order valence-corrected chi connectivity index (χ0v) is 27.3. The van der Waals surface area contributed by atoms with Gasteiger partial charge in [0.25, 0.3) is 0 Å². The van der Waals surface area contributed by atoms with Crippen LogP contribution >= 0.6 is 0 Å². The van der Waals surface area contributed by atoms with Crippen molar-refractivity contribution in [2.24, 2.45) is 56.0 Å². The number of amides is 1. The first-order chi connectivity index (χ1) is 19.1. The second kappa shape index (κ2) is 10.5. The van der Waals surface area contributed by atoms with Crippen molar-refractivity contribution in [2.75, 3.05) is 13.1 Å². The van der Waals surface area contributed by atoms with Crippen LogP contribution in [-0.2, 0) is 9.59 Å². The third-order valence-corrected chi connectivity index (χ3v) is 14.5. The highest BCUT2D eigenvalue weighted by molar-refractivity contribution is 5.95. The molecule has 0 aromatic rings. The highest BCUT2D eigenvalue weighted by Gasteiger charge is 2.70. The minimum atomic E-state index is -0.394. The van der Waals surface area contributed by atoms with Gasteiger partial charge in [-0.15, -0.1) is 0 Å². The van der Waals surface area contributed by atoms with Crippen molar-refractivity contribution >= 4 is 11.7 Å². The van der Waals surface area contributed by atoms with Crippen LogP contribution < -0.4 is 11.1 Å². The number of ketones is 1. The van der Waals surface area contributed by atoms with Crippen LogP contribution in [0.5, 0.6) is 0 Å². The van der Waals surface area contributed by atoms with E-state index >= 15 is 0 Å². The monoisotopic (exact) mass is 568 g/mol. The van der Waals surface area contributed by atoms with Gasteiger partial charge in [0.2, 0.25) is 5.91 Å². The highest BCUT2D eigenvalue weighted by Crippen LogP contribution is 2.75. The second-order valence-corrected chi connectivity index (χ2v) is 17.1. The molecule has 0 radical (unpaired) electrons. The van der Waals surface area contributed by atoms with Crippen LogP contribution in [0.25, 0.3) is 0 Å². The molecular weight excluding hydrogens is 508 g/mol. The van der Waals surface area contributed by atoms with E-state index in [-0.39, 0.29) is 50.9 Å². The van der Waals surface area contributed by atoms with Gasteiger partial charge in [0.15, 0.2) is 5.78 Å². The standard InChI is InChI=1S/C36H60N2O3/c1-31(2)27-12-15-36(7)29(34(27,5)14-13-28(31)40)26(39)22-24-25-23-33(4,30(41)38-21-11-9-8-10-20-37)17-16-32(25,3)18-19-35(24,36)6/h22,25,27-29,40H,8-21,23,37H2,1-7H3,(H,38,41)/t25?,27-,28-,29+,32+,33-,34-,35+,36+/m0/s1. The van der Waals surface area contributed by atoms with E-state index in [0.717, 1.165) is 90.1 Å². The van der Waals surface area contributed by atoms with Gasteiger partial charge >= 0.3 is 0 Å². The third kappa shape index (κ3) is 4.61. The summed E-state index contributed by atoms with van der Waals surface area (Å²) in [6.45, 7) is 17.9. The molecule has 1 unspecified atom stereocenters. The Bertz CT molecular complexity index is 1080. The first kappa shape index (κ1) is 31.2. The molecule has 5 aliphatic carbocycles. The van der Waals surface area contributed by atoms with E-state index in [1.807, 2.05) is 0 Å². The van der Waals surface area contributed by atoms with E-state index in [1.54, 1.807) is 0 Å². The first-order valence-corrected chi connectivity index (χ1v) is 17.0. The van der Waals surface area contributed by atoms with Crippen molar-refractivity contribution in [3.8, 4) is 0 Å². The molecule has 0 aromatic carbocycles. The number of rotatable bonds is 7. The largest absolute Gasteiger partial charge is 0.393 e. The molecule has 0 aliphatic heterocycles. The van der Waals surface area contributed by atoms with E-state index in [9.17, 15) is 14.7 Å². The molecule has 5 aliphatic rings. The van der Waals surface area contributed by atoms with E-state index in [0.29, 0.717) is 11.7 Å². The van der Waals surface area contributed by atoms with Crippen molar-refractivity contribution in [3.05, 3.63) is 11.6 Å². The van der Waals surface area contributed by atoms with Crippen LogP contribution in [-0.4, -0.2) is 36.0 Å². The maximum atomic E-state index is 14.5. The summed E-state index contributed by atoms with van der Waals surface area (Å²) in [5, 5.41) is 14.3. The highest BCUT2D eigenvalue weighted by atomic mass is 16.3. The number of nitrogens with two attached hydrogens (primary N) is 1. The fraction of sp³-hybridized carbons (Fsp3) is 0.889. The van der Waals surface area contributed by atoms with E-state index in [4.69, 9.17) is 5.73 Å². The summed E-state index contributed by atoms with van der Waals surface area (Å²) in [5.41, 5.74) is 6.34. The minimum Gasteiger partial charge on any atom is -0.393 e. The predicted octanol–water partition coefficient (Wildman–Crippen LogP) is 6.96. The van der Waals surface area contributed by atoms with Crippen LogP contribution in [0.4, 0.5) is 0 Å². The van der Waals surface area contributed by atoms with E-state index < -0.39 is 5.41 Å². The normalized spacial score (nSPS) is 46.9. The molecule has 4 fully saturated rings. The van der Waals surface area contributed by atoms with Gasteiger partial charge in [-0.25, -0.2) is 0 Å². The zero-order chi connectivity index (χ0) is 30.1. The number of unbranched alkanes of at least 4 members (excludes halogenated alkanes) is 3. The van der Waals surface area contributed by atoms with Crippen molar-refractivity contribution in [1.29, 1.82) is 0 Å². The molecule has 9 atom stereocenters. The quantitative estimate of drug-likeness (QED) is 0.289. The van der Waals surface area contributed by atoms with Crippen molar-refractivity contribution in [3.63, 3.8) is 0 Å². The predicted molar refractivity (Wildman–Crippen MR) is 166 cm³/mol.